The van der Waals surface area contributed by atoms with Crippen LogP contribution in [-0.4, -0.2) is 17.7 Å². The molecule has 4 heteroatoms. The number of amides is 1. The average Bonchev–Trinajstić information content (AvgIpc) is 2.42. The van der Waals surface area contributed by atoms with Gasteiger partial charge in [0.05, 0.1) is 5.54 Å². The van der Waals surface area contributed by atoms with Crippen LogP contribution in [0.5, 0.6) is 0 Å². The molecule has 1 saturated carbocycles. The number of carbonyl (C=O) groups is 1. The first kappa shape index (κ1) is 14.4. The molecule has 104 valence electrons. The fourth-order valence-electron chi connectivity index (χ4n) is 2.52. The van der Waals surface area contributed by atoms with Crippen LogP contribution in [0.1, 0.15) is 37.7 Å². The zero-order valence-corrected chi connectivity index (χ0v) is 12.3. The molecule has 1 aromatic rings. The van der Waals surface area contributed by atoms with Gasteiger partial charge in [-0.05, 0) is 36.8 Å². The third-order valence-corrected chi connectivity index (χ3v) is 4.34. The number of hydrogen-bond donors (Lipinski definition) is 2. The van der Waals surface area contributed by atoms with Crippen molar-refractivity contribution in [1.29, 1.82) is 0 Å². The second kappa shape index (κ2) is 6.44. The van der Waals surface area contributed by atoms with Crippen LogP contribution in [-0.2, 0) is 10.5 Å². The molecule has 0 bridgehead atoms. The van der Waals surface area contributed by atoms with Crippen molar-refractivity contribution in [2.45, 2.75) is 43.4 Å². The van der Waals surface area contributed by atoms with E-state index in [1.54, 1.807) is 11.8 Å². The molecule has 0 aromatic heterocycles. The van der Waals surface area contributed by atoms with E-state index in [-0.39, 0.29) is 5.91 Å². The van der Waals surface area contributed by atoms with Crippen LogP contribution in [0, 0.1) is 0 Å². The Bertz CT molecular complexity index is 424. The van der Waals surface area contributed by atoms with E-state index < -0.39 is 5.54 Å². The number of benzene rings is 1. The minimum absolute atomic E-state index is 0.0372. The highest BCUT2D eigenvalue weighted by Crippen LogP contribution is 2.27. The molecule has 0 atom stereocenters. The van der Waals surface area contributed by atoms with E-state index in [0.29, 0.717) is 0 Å². The molecule has 0 saturated heterocycles. The number of carbonyl (C=O) groups excluding carboxylic acids is 1. The molecule has 0 unspecified atom stereocenters. The highest BCUT2D eigenvalue weighted by molar-refractivity contribution is 7.97. The summed E-state index contributed by atoms with van der Waals surface area (Å²) in [5.74, 6) is 0.958. The Labute approximate surface area is 119 Å². The summed E-state index contributed by atoms with van der Waals surface area (Å²) in [4.78, 5) is 12.3. The Morgan fingerprint density at radius 1 is 1.26 bits per heavy atom. The van der Waals surface area contributed by atoms with E-state index in [0.717, 1.165) is 37.1 Å². The highest BCUT2D eigenvalue weighted by atomic mass is 32.2. The monoisotopic (exact) mass is 278 g/mol. The average molecular weight is 278 g/mol. The molecule has 1 aromatic carbocycles. The SMILES string of the molecule is CSCc1ccc(NC(=O)C2(N)CCCCC2)cc1. The maximum atomic E-state index is 12.3. The van der Waals surface area contributed by atoms with Gasteiger partial charge in [0, 0.05) is 11.4 Å². The molecular weight excluding hydrogens is 256 g/mol. The Balaban J connectivity index is 1.98. The zero-order valence-electron chi connectivity index (χ0n) is 11.4. The molecule has 3 nitrogen and oxygen atoms in total. The number of hydrogen-bond acceptors (Lipinski definition) is 3. The van der Waals surface area contributed by atoms with Gasteiger partial charge in [0.2, 0.25) is 5.91 Å². The van der Waals surface area contributed by atoms with Crippen LogP contribution in [0.3, 0.4) is 0 Å². The van der Waals surface area contributed by atoms with Crippen LogP contribution in [0.25, 0.3) is 0 Å². The summed E-state index contributed by atoms with van der Waals surface area (Å²) in [5, 5.41) is 2.95. The Hall–Kier alpha value is -1.00. The van der Waals surface area contributed by atoms with Crippen LogP contribution in [0.15, 0.2) is 24.3 Å². The lowest BCUT2D eigenvalue weighted by atomic mass is 9.82. The number of rotatable bonds is 4. The van der Waals surface area contributed by atoms with Gasteiger partial charge in [0.1, 0.15) is 0 Å². The van der Waals surface area contributed by atoms with Crippen molar-refractivity contribution in [2.75, 3.05) is 11.6 Å². The Morgan fingerprint density at radius 2 is 1.89 bits per heavy atom. The summed E-state index contributed by atoms with van der Waals surface area (Å²) >= 11 is 1.79. The van der Waals surface area contributed by atoms with Crippen LogP contribution in [0.2, 0.25) is 0 Å². The molecular formula is C15H22N2OS. The summed E-state index contributed by atoms with van der Waals surface area (Å²) in [6, 6.07) is 8.01. The number of anilines is 1. The minimum atomic E-state index is -0.670. The third kappa shape index (κ3) is 3.74. The van der Waals surface area contributed by atoms with Crippen molar-refractivity contribution in [2.24, 2.45) is 5.73 Å². The van der Waals surface area contributed by atoms with Crippen LogP contribution >= 0.6 is 11.8 Å². The Morgan fingerprint density at radius 3 is 2.47 bits per heavy atom. The lowest BCUT2D eigenvalue weighted by Crippen LogP contribution is -2.52. The molecule has 3 N–H and O–H groups in total. The lowest BCUT2D eigenvalue weighted by Gasteiger charge is -2.31. The summed E-state index contributed by atoms with van der Waals surface area (Å²) in [5.41, 5.74) is 7.65. The predicted octanol–water partition coefficient (Wildman–Crippen LogP) is 3.15. The van der Waals surface area contributed by atoms with Gasteiger partial charge in [-0.25, -0.2) is 0 Å². The normalized spacial score (nSPS) is 18.0. The number of nitrogens with one attached hydrogen (secondary N) is 1. The molecule has 1 fully saturated rings. The standard InChI is InChI=1S/C15H22N2OS/c1-19-11-12-5-7-13(8-6-12)17-14(18)15(16)9-3-2-4-10-15/h5-8H,2-4,9-11,16H2,1H3,(H,17,18). The first-order valence-corrected chi connectivity index (χ1v) is 8.22. The second-order valence-electron chi connectivity index (χ2n) is 5.30. The van der Waals surface area contributed by atoms with Crippen molar-refractivity contribution in [3.8, 4) is 0 Å². The summed E-state index contributed by atoms with van der Waals surface area (Å²) < 4.78 is 0. The molecule has 0 radical (unpaired) electrons. The molecule has 1 aliphatic rings. The molecule has 0 spiro atoms. The van der Waals surface area contributed by atoms with E-state index in [1.807, 2.05) is 12.1 Å². The van der Waals surface area contributed by atoms with Gasteiger partial charge in [-0.1, -0.05) is 31.4 Å². The highest BCUT2D eigenvalue weighted by Gasteiger charge is 2.35. The van der Waals surface area contributed by atoms with E-state index in [2.05, 4.69) is 23.7 Å². The first-order chi connectivity index (χ1) is 9.14. The fraction of sp³-hybridized carbons (Fsp3) is 0.533. The van der Waals surface area contributed by atoms with E-state index >= 15 is 0 Å². The van der Waals surface area contributed by atoms with Crippen molar-refractivity contribution in [3.05, 3.63) is 29.8 Å². The predicted molar refractivity (Wildman–Crippen MR) is 82.3 cm³/mol. The number of nitrogens with two attached hydrogens (primary N) is 1. The molecule has 1 aliphatic carbocycles. The minimum Gasteiger partial charge on any atom is -0.324 e. The van der Waals surface area contributed by atoms with Gasteiger partial charge in [-0.3, -0.25) is 4.79 Å². The lowest BCUT2D eigenvalue weighted by molar-refractivity contribution is -0.122. The summed E-state index contributed by atoms with van der Waals surface area (Å²) in [6.45, 7) is 0. The van der Waals surface area contributed by atoms with Gasteiger partial charge in [0.15, 0.2) is 0 Å². The van der Waals surface area contributed by atoms with Gasteiger partial charge in [0.25, 0.3) is 0 Å². The van der Waals surface area contributed by atoms with Crippen molar-refractivity contribution >= 4 is 23.4 Å². The Kier molecular flexibility index (Phi) is 4.88. The largest absolute Gasteiger partial charge is 0.324 e. The van der Waals surface area contributed by atoms with Crippen LogP contribution < -0.4 is 11.1 Å². The maximum Gasteiger partial charge on any atom is 0.244 e. The van der Waals surface area contributed by atoms with Crippen molar-refractivity contribution in [1.82, 2.24) is 0 Å². The van der Waals surface area contributed by atoms with Crippen molar-refractivity contribution in [3.63, 3.8) is 0 Å². The maximum absolute atomic E-state index is 12.3. The van der Waals surface area contributed by atoms with Gasteiger partial charge in [-0.2, -0.15) is 11.8 Å². The van der Waals surface area contributed by atoms with Crippen LogP contribution in [0.4, 0.5) is 5.69 Å². The fourth-order valence-corrected chi connectivity index (χ4v) is 3.04. The molecule has 0 aliphatic heterocycles. The molecule has 1 amide bonds. The van der Waals surface area contributed by atoms with E-state index in [1.165, 1.54) is 12.0 Å². The van der Waals surface area contributed by atoms with Gasteiger partial charge in [-0.15, -0.1) is 0 Å². The molecule has 2 rings (SSSR count). The van der Waals surface area contributed by atoms with E-state index in [4.69, 9.17) is 5.73 Å². The van der Waals surface area contributed by atoms with Gasteiger partial charge >= 0.3 is 0 Å². The number of thioether (sulfide) groups is 1. The van der Waals surface area contributed by atoms with Crippen molar-refractivity contribution < 1.29 is 4.79 Å². The first-order valence-electron chi connectivity index (χ1n) is 6.82. The topological polar surface area (TPSA) is 55.1 Å². The quantitative estimate of drug-likeness (QED) is 0.889. The molecule has 0 heterocycles. The molecule has 19 heavy (non-hydrogen) atoms. The summed E-state index contributed by atoms with van der Waals surface area (Å²) in [6.07, 6.45) is 6.96. The smallest absolute Gasteiger partial charge is 0.244 e. The van der Waals surface area contributed by atoms with Gasteiger partial charge < -0.3 is 11.1 Å². The zero-order chi connectivity index (χ0) is 13.7. The second-order valence-corrected chi connectivity index (χ2v) is 6.17. The third-order valence-electron chi connectivity index (χ3n) is 3.72. The summed E-state index contributed by atoms with van der Waals surface area (Å²) in [7, 11) is 0. The van der Waals surface area contributed by atoms with E-state index in [9.17, 15) is 4.79 Å².